The van der Waals surface area contributed by atoms with Crippen LogP contribution in [0.25, 0.3) is 10.6 Å². The first-order chi connectivity index (χ1) is 15.3. The molecule has 0 unspecified atom stereocenters. The molecule has 3 heterocycles. The van der Waals surface area contributed by atoms with Crippen LogP contribution in [0, 0.1) is 0 Å². The maximum atomic E-state index is 5.62. The summed E-state index contributed by atoms with van der Waals surface area (Å²) in [5.41, 5.74) is 2.10. The number of rotatable bonds is 9. The van der Waals surface area contributed by atoms with E-state index in [0.717, 1.165) is 57.7 Å². The van der Waals surface area contributed by atoms with Gasteiger partial charge in [-0.15, -0.1) is 21.5 Å². The van der Waals surface area contributed by atoms with E-state index in [1.165, 1.54) is 25.7 Å². The Kier molecular flexibility index (Phi) is 6.04. The quantitative estimate of drug-likeness (QED) is 0.417. The van der Waals surface area contributed by atoms with Crippen molar-refractivity contribution in [1.29, 1.82) is 0 Å². The van der Waals surface area contributed by atoms with Crippen molar-refractivity contribution in [2.24, 2.45) is 0 Å². The first-order valence-electron chi connectivity index (χ1n) is 10.8. The second-order valence-corrected chi connectivity index (χ2v) is 9.61. The molecule has 2 aliphatic rings. The number of methoxy groups -OCH3 is 1. The molecule has 0 amide bonds. The van der Waals surface area contributed by atoms with Gasteiger partial charge in [0.25, 0.3) is 0 Å². The molecule has 2 aromatic heterocycles. The van der Waals surface area contributed by atoms with Crippen LogP contribution >= 0.6 is 23.1 Å². The molecular formula is C22H27N5O2S2. The SMILES string of the molecule is CCOc1ccc(-c2nc(CSc3nnc(N4CCCC4)n3C3CC3)cs2)cc1OC. The van der Waals surface area contributed by atoms with Gasteiger partial charge in [-0.3, -0.25) is 4.57 Å². The summed E-state index contributed by atoms with van der Waals surface area (Å²) in [4.78, 5) is 7.24. The molecule has 5 rings (SSSR count). The lowest BCUT2D eigenvalue weighted by Gasteiger charge is -2.17. The van der Waals surface area contributed by atoms with Crippen LogP contribution in [0.4, 0.5) is 5.95 Å². The second-order valence-electron chi connectivity index (χ2n) is 7.81. The van der Waals surface area contributed by atoms with E-state index in [9.17, 15) is 0 Å². The second kappa shape index (κ2) is 9.08. The summed E-state index contributed by atoms with van der Waals surface area (Å²) in [5.74, 6) is 3.34. The summed E-state index contributed by atoms with van der Waals surface area (Å²) in [5, 5.41) is 13.2. The largest absolute Gasteiger partial charge is 0.493 e. The number of benzene rings is 1. The number of hydrogen-bond donors (Lipinski definition) is 0. The van der Waals surface area contributed by atoms with Crippen LogP contribution in [0.1, 0.15) is 44.3 Å². The Morgan fingerprint density at radius 3 is 2.74 bits per heavy atom. The van der Waals surface area contributed by atoms with Crippen LogP contribution in [0.15, 0.2) is 28.7 Å². The maximum Gasteiger partial charge on any atom is 0.228 e. The van der Waals surface area contributed by atoms with Crippen molar-refractivity contribution in [2.75, 3.05) is 31.7 Å². The fraction of sp³-hybridized carbons (Fsp3) is 0.500. The highest BCUT2D eigenvalue weighted by atomic mass is 32.2. The number of anilines is 1. The minimum atomic E-state index is 0.565. The number of nitrogens with zero attached hydrogens (tertiary/aromatic N) is 5. The van der Waals surface area contributed by atoms with Crippen molar-refractivity contribution >= 4 is 29.0 Å². The molecule has 7 nitrogen and oxygen atoms in total. The van der Waals surface area contributed by atoms with Crippen LogP contribution in [0.5, 0.6) is 11.5 Å². The number of thiazole rings is 1. The molecule has 0 bridgehead atoms. The fourth-order valence-corrected chi connectivity index (χ4v) is 5.69. The van der Waals surface area contributed by atoms with Gasteiger partial charge in [0.15, 0.2) is 16.7 Å². The zero-order valence-electron chi connectivity index (χ0n) is 17.9. The summed E-state index contributed by atoms with van der Waals surface area (Å²) in [6, 6.07) is 6.54. The van der Waals surface area contributed by atoms with Crippen molar-refractivity contribution in [2.45, 2.75) is 49.6 Å². The van der Waals surface area contributed by atoms with Gasteiger partial charge in [0.2, 0.25) is 5.95 Å². The van der Waals surface area contributed by atoms with Crippen LogP contribution in [0.2, 0.25) is 0 Å². The lowest BCUT2D eigenvalue weighted by atomic mass is 10.2. The molecule has 1 aliphatic carbocycles. The van der Waals surface area contributed by atoms with Crippen LogP contribution < -0.4 is 14.4 Å². The van der Waals surface area contributed by atoms with E-state index in [-0.39, 0.29) is 0 Å². The van der Waals surface area contributed by atoms with Gasteiger partial charge in [0.1, 0.15) is 5.01 Å². The molecule has 0 N–H and O–H groups in total. The first kappa shape index (κ1) is 20.6. The van der Waals surface area contributed by atoms with Crippen LogP contribution in [-0.2, 0) is 5.75 Å². The fourth-order valence-electron chi connectivity index (χ4n) is 3.87. The molecule has 0 atom stereocenters. The van der Waals surface area contributed by atoms with Crippen molar-refractivity contribution in [3.8, 4) is 22.1 Å². The lowest BCUT2D eigenvalue weighted by Crippen LogP contribution is -2.22. The third kappa shape index (κ3) is 4.39. The molecule has 3 aromatic rings. The average molecular weight is 458 g/mol. The molecule has 1 saturated carbocycles. The topological polar surface area (TPSA) is 65.3 Å². The van der Waals surface area contributed by atoms with Crippen molar-refractivity contribution in [3.63, 3.8) is 0 Å². The van der Waals surface area contributed by atoms with E-state index < -0.39 is 0 Å². The Hall–Kier alpha value is -2.26. The Morgan fingerprint density at radius 2 is 2.00 bits per heavy atom. The van der Waals surface area contributed by atoms with E-state index in [4.69, 9.17) is 14.5 Å². The number of aromatic nitrogens is 4. The van der Waals surface area contributed by atoms with Crippen LogP contribution in [-0.4, -0.2) is 46.6 Å². The molecule has 2 fully saturated rings. The van der Waals surface area contributed by atoms with Gasteiger partial charge < -0.3 is 14.4 Å². The van der Waals surface area contributed by atoms with Gasteiger partial charge in [-0.2, -0.15) is 0 Å². The van der Waals surface area contributed by atoms with Crippen molar-refractivity contribution in [1.82, 2.24) is 19.7 Å². The van der Waals surface area contributed by atoms with Gasteiger partial charge >= 0.3 is 0 Å². The van der Waals surface area contributed by atoms with Crippen molar-refractivity contribution < 1.29 is 9.47 Å². The summed E-state index contributed by atoms with van der Waals surface area (Å²) >= 11 is 3.39. The molecule has 1 aliphatic heterocycles. The summed E-state index contributed by atoms with van der Waals surface area (Å²) in [6.07, 6.45) is 4.95. The van der Waals surface area contributed by atoms with Crippen molar-refractivity contribution in [3.05, 3.63) is 29.3 Å². The molecule has 1 aromatic carbocycles. The third-order valence-electron chi connectivity index (χ3n) is 5.56. The Labute approximate surface area is 190 Å². The normalized spacial score (nSPS) is 16.1. The summed E-state index contributed by atoms with van der Waals surface area (Å²) < 4.78 is 13.5. The summed E-state index contributed by atoms with van der Waals surface area (Å²) in [7, 11) is 1.66. The first-order valence-corrected chi connectivity index (χ1v) is 12.7. The Morgan fingerprint density at radius 1 is 1.16 bits per heavy atom. The van der Waals surface area contributed by atoms with Gasteiger partial charge in [0.05, 0.1) is 19.4 Å². The number of hydrogen-bond acceptors (Lipinski definition) is 8. The standard InChI is InChI=1S/C22H27N5O2S2/c1-3-29-18-9-6-15(12-19(18)28-2)20-23-16(13-30-20)14-31-22-25-24-21(26-10-4-5-11-26)27(22)17-7-8-17/h6,9,12-13,17H,3-5,7-8,10-11,14H2,1-2H3. The predicted molar refractivity (Wildman–Crippen MR) is 125 cm³/mol. The predicted octanol–water partition coefficient (Wildman–Crippen LogP) is 5.04. The molecule has 164 valence electrons. The summed E-state index contributed by atoms with van der Waals surface area (Å²) in [6.45, 7) is 4.77. The number of thioether (sulfide) groups is 1. The van der Waals surface area contributed by atoms with E-state index in [0.29, 0.717) is 12.6 Å². The zero-order chi connectivity index (χ0) is 21.2. The van der Waals surface area contributed by atoms with Gasteiger partial charge in [-0.1, -0.05) is 11.8 Å². The monoisotopic (exact) mass is 457 g/mol. The smallest absolute Gasteiger partial charge is 0.228 e. The van der Waals surface area contributed by atoms with E-state index >= 15 is 0 Å². The Bertz CT molecular complexity index is 1040. The highest BCUT2D eigenvalue weighted by Gasteiger charge is 2.32. The minimum absolute atomic E-state index is 0.565. The highest BCUT2D eigenvalue weighted by Crippen LogP contribution is 2.42. The van der Waals surface area contributed by atoms with E-state index in [1.54, 1.807) is 30.2 Å². The van der Waals surface area contributed by atoms with E-state index in [1.807, 2.05) is 25.1 Å². The molecular weight excluding hydrogens is 430 g/mol. The molecule has 31 heavy (non-hydrogen) atoms. The highest BCUT2D eigenvalue weighted by molar-refractivity contribution is 7.98. The molecule has 9 heteroatoms. The van der Waals surface area contributed by atoms with Crippen LogP contribution in [0.3, 0.4) is 0 Å². The average Bonchev–Trinajstić information content (AvgIpc) is 3.19. The van der Waals surface area contributed by atoms with Gasteiger partial charge in [-0.25, -0.2) is 4.98 Å². The third-order valence-corrected chi connectivity index (χ3v) is 7.48. The number of ether oxygens (including phenoxy) is 2. The molecule has 1 saturated heterocycles. The van der Waals surface area contributed by atoms with Gasteiger partial charge in [-0.05, 0) is 50.8 Å². The Balaban J connectivity index is 1.30. The zero-order valence-corrected chi connectivity index (χ0v) is 19.5. The van der Waals surface area contributed by atoms with E-state index in [2.05, 4.69) is 25.0 Å². The maximum absolute atomic E-state index is 5.62. The minimum Gasteiger partial charge on any atom is -0.493 e. The lowest BCUT2D eigenvalue weighted by molar-refractivity contribution is 0.311. The van der Waals surface area contributed by atoms with Gasteiger partial charge in [0, 0.05) is 35.8 Å². The molecule has 0 radical (unpaired) electrons. The molecule has 0 spiro atoms.